The van der Waals surface area contributed by atoms with E-state index in [1.165, 1.54) is 12.1 Å². The Kier molecular flexibility index (Phi) is 7.14. The monoisotopic (exact) mass is 484 g/mol. The molecule has 0 radical (unpaired) electrons. The number of morpholine rings is 1. The first-order valence-corrected chi connectivity index (χ1v) is 14.9. The fraction of sp³-hybridized carbons (Fsp3) is 0.500. The summed E-state index contributed by atoms with van der Waals surface area (Å²) in [6.45, 7) is 15.9. The van der Waals surface area contributed by atoms with Crippen molar-refractivity contribution in [2.45, 2.75) is 64.6 Å². The molecular formula is C26H37FN4O2Si. The summed E-state index contributed by atoms with van der Waals surface area (Å²) in [4.78, 5) is 0. The molecule has 2 aromatic carbocycles. The average molecular weight is 485 g/mol. The maximum atomic E-state index is 13.3. The normalized spacial score (nSPS) is 19.5. The number of aromatic nitrogens is 2. The molecule has 0 spiro atoms. The van der Waals surface area contributed by atoms with Crippen molar-refractivity contribution in [1.82, 2.24) is 15.1 Å². The fourth-order valence-corrected chi connectivity index (χ4v) is 5.01. The van der Waals surface area contributed by atoms with Crippen LogP contribution in [0.4, 0.5) is 10.1 Å². The zero-order chi connectivity index (χ0) is 24.5. The molecule has 1 fully saturated rings. The first-order valence-electron chi connectivity index (χ1n) is 12.0. The number of hydrogen-bond acceptors (Lipinski definition) is 5. The van der Waals surface area contributed by atoms with E-state index in [1.807, 2.05) is 10.9 Å². The van der Waals surface area contributed by atoms with Gasteiger partial charge in [0.1, 0.15) is 12.0 Å². The number of nitrogens with one attached hydrogen (secondary N) is 2. The lowest BCUT2D eigenvalue weighted by Gasteiger charge is -2.36. The number of halogens is 1. The van der Waals surface area contributed by atoms with E-state index >= 15 is 0 Å². The van der Waals surface area contributed by atoms with Gasteiger partial charge in [0.05, 0.1) is 44.1 Å². The first-order chi connectivity index (χ1) is 16.0. The Hall–Kier alpha value is -2.26. The molecule has 1 unspecified atom stereocenters. The molecule has 0 saturated carbocycles. The van der Waals surface area contributed by atoms with Crippen LogP contribution in [-0.2, 0) is 15.7 Å². The van der Waals surface area contributed by atoms with Gasteiger partial charge in [-0.3, -0.25) is 10.00 Å². The number of benzene rings is 2. The molecule has 1 aromatic heterocycles. The summed E-state index contributed by atoms with van der Waals surface area (Å²) in [5, 5.41) is 13.1. The van der Waals surface area contributed by atoms with Crippen LogP contribution in [0.1, 0.15) is 37.9 Å². The van der Waals surface area contributed by atoms with E-state index in [9.17, 15) is 4.39 Å². The number of nitrogens with zero attached hydrogens (tertiary/aromatic N) is 2. The minimum absolute atomic E-state index is 0.00824. The van der Waals surface area contributed by atoms with Crippen molar-refractivity contribution in [2.24, 2.45) is 0 Å². The molecule has 3 aromatic rings. The lowest BCUT2D eigenvalue weighted by molar-refractivity contribution is 0.0528. The van der Waals surface area contributed by atoms with Crippen molar-refractivity contribution in [3.05, 3.63) is 59.5 Å². The van der Waals surface area contributed by atoms with Crippen LogP contribution >= 0.6 is 0 Å². The Morgan fingerprint density at radius 2 is 1.94 bits per heavy atom. The topological polar surface area (TPSA) is 60.3 Å². The largest absolute Gasteiger partial charge is 0.415 e. The Morgan fingerprint density at radius 1 is 1.21 bits per heavy atom. The number of anilines is 1. The van der Waals surface area contributed by atoms with E-state index in [0.717, 1.165) is 34.3 Å². The lowest BCUT2D eigenvalue weighted by Crippen LogP contribution is -2.48. The average Bonchev–Trinajstić information content (AvgIpc) is 3.15. The van der Waals surface area contributed by atoms with Crippen LogP contribution in [0.15, 0.2) is 42.6 Å². The highest BCUT2D eigenvalue weighted by atomic mass is 28.4. The minimum Gasteiger partial charge on any atom is -0.415 e. The summed E-state index contributed by atoms with van der Waals surface area (Å²) in [5.74, 6) is -0.231. The van der Waals surface area contributed by atoms with Crippen molar-refractivity contribution >= 4 is 24.9 Å². The summed E-state index contributed by atoms with van der Waals surface area (Å²) in [6.07, 6.45) is 1.86. The number of ether oxygens (including phenoxy) is 1. The Morgan fingerprint density at radius 3 is 2.65 bits per heavy atom. The second-order valence-electron chi connectivity index (χ2n) is 10.7. The molecule has 0 bridgehead atoms. The van der Waals surface area contributed by atoms with E-state index in [2.05, 4.69) is 68.7 Å². The minimum atomic E-state index is -1.79. The SMILES string of the molecule is Cc1cc2cnn(CCO[Si](C)(C)C(C)(C)C)c2cc1N[C@@H]1COCC(c2ccc(F)cc2)N1. The van der Waals surface area contributed by atoms with Crippen LogP contribution in [0, 0.1) is 12.7 Å². The molecule has 2 N–H and O–H groups in total. The molecule has 6 nitrogen and oxygen atoms in total. The molecule has 1 saturated heterocycles. The molecule has 2 atom stereocenters. The van der Waals surface area contributed by atoms with Gasteiger partial charge in [0.2, 0.25) is 0 Å². The second kappa shape index (κ2) is 9.77. The highest BCUT2D eigenvalue weighted by molar-refractivity contribution is 6.74. The van der Waals surface area contributed by atoms with Gasteiger partial charge in [-0.25, -0.2) is 4.39 Å². The third-order valence-corrected chi connectivity index (χ3v) is 11.7. The summed E-state index contributed by atoms with van der Waals surface area (Å²) < 4.78 is 27.6. The van der Waals surface area contributed by atoms with Crippen LogP contribution in [0.2, 0.25) is 18.1 Å². The molecule has 8 heteroatoms. The zero-order valence-electron chi connectivity index (χ0n) is 21.1. The van der Waals surface area contributed by atoms with Gasteiger partial charge >= 0.3 is 0 Å². The van der Waals surface area contributed by atoms with Gasteiger partial charge in [0, 0.05) is 11.1 Å². The maximum absolute atomic E-state index is 13.3. The van der Waals surface area contributed by atoms with Crippen molar-refractivity contribution in [3.63, 3.8) is 0 Å². The first kappa shape index (κ1) is 24.8. The second-order valence-corrected chi connectivity index (χ2v) is 15.5. The van der Waals surface area contributed by atoms with Crippen LogP contribution in [0.5, 0.6) is 0 Å². The molecule has 184 valence electrons. The summed E-state index contributed by atoms with van der Waals surface area (Å²) in [6, 6.07) is 10.9. The number of fused-ring (bicyclic) bond motifs is 1. The summed E-state index contributed by atoms with van der Waals surface area (Å²) in [7, 11) is -1.79. The van der Waals surface area contributed by atoms with Gasteiger partial charge in [-0.2, -0.15) is 5.10 Å². The Balaban J connectivity index is 1.45. The number of rotatable bonds is 7. The fourth-order valence-electron chi connectivity index (χ4n) is 3.98. The van der Waals surface area contributed by atoms with Crippen LogP contribution in [0.3, 0.4) is 0 Å². The van der Waals surface area contributed by atoms with Gasteiger partial charge in [-0.1, -0.05) is 32.9 Å². The van der Waals surface area contributed by atoms with E-state index in [4.69, 9.17) is 9.16 Å². The standard InChI is InChI=1S/C26H37FN4O2Si/c1-18-13-20-15-28-31(11-12-33-34(5,6)26(2,3)4)24(20)14-22(18)29-25-17-32-16-23(30-25)19-7-9-21(27)10-8-19/h7-10,13-15,23,25,29-30H,11-12,16-17H2,1-6H3/t23?,25-/m0/s1. The maximum Gasteiger partial charge on any atom is 0.192 e. The molecule has 2 heterocycles. The molecule has 1 aliphatic heterocycles. The molecular weight excluding hydrogens is 447 g/mol. The van der Waals surface area contributed by atoms with E-state index in [-0.39, 0.29) is 23.1 Å². The molecule has 4 rings (SSSR count). The molecule has 0 aliphatic carbocycles. The van der Waals surface area contributed by atoms with Gasteiger partial charge in [0.15, 0.2) is 8.32 Å². The molecule has 34 heavy (non-hydrogen) atoms. The van der Waals surface area contributed by atoms with Gasteiger partial charge in [0.25, 0.3) is 0 Å². The van der Waals surface area contributed by atoms with Crippen LogP contribution < -0.4 is 10.6 Å². The lowest BCUT2D eigenvalue weighted by atomic mass is 10.1. The van der Waals surface area contributed by atoms with E-state index < -0.39 is 8.32 Å². The highest BCUT2D eigenvalue weighted by Crippen LogP contribution is 2.36. The van der Waals surface area contributed by atoms with Gasteiger partial charge in [-0.15, -0.1) is 0 Å². The van der Waals surface area contributed by atoms with Gasteiger partial charge < -0.3 is 14.5 Å². The predicted molar refractivity (Wildman–Crippen MR) is 138 cm³/mol. The number of hydrogen-bond donors (Lipinski definition) is 2. The highest BCUT2D eigenvalue weighted by Gasteiger charge is 2.37. The third kappa shape index (κ3) is 5.51. The van der Waals surface area contributed by atoms with Crippen LogP contribution in [-0.4, -0.2) is 44.1 Å². The quantitative estimate of drug-likeness (QED) is 0.427. The smallest absolute Gasteiger partial charge is 0.192 e. The third-order valence-electron chi connectivity index (χ3n) is 7.13. The molecule has 0 amide bonds. The van der Waals surface area contributed by atoms with Crippen molar-refractivity contribution in [1.29, 1.82) is 0 Å². The van der Waals surface area contributed by atoms with Crippen molar-refractivity contribution in [3.8, 4) is 0 Å². The van der Waals surface area contributed by atoms with Crippen molar-refractivity contribution in [2.75, 3.05) is 25.1 Å². The van der Waals surface area contributed by atoms with E-state index in [0.29, 0.717) is 19.8 Å². The van der Waals surface area contributed by atoms with E-state index in [1.54, 1.807) is 12.1 Å². The summed E-state index contributed by atoms with van der Waals surface area (Å²) in [5.41, 5.74) is 4.29. The Labute approximate surface area is 203 Å². The van der Waals surface area contributed by atoms with Crippen LogP contribution in [0.25, 0.3) is 10.9 Å². The summed E-state index contributed by atoms with van der Waals surface area (Å²) >= 11 is 0. The zero-order valence-corrected chi connectivity index (χ0v) is 22.1. The van der Waals surface area contributed by atoms with Gasteiger partial charge in [-0.05, 0) is 60.4 Å². The molecule has 1 aliphatic rings. The van der Waals surface area contributed by atoms with Crippen molar-refractivity contribution < 1.29 is 13.6 Å². The predicted octanol–water partition coefficient (Wildman–Crippen LogP) is 5.60. The number of aryl methyl sites for hydroxylation is 1. The Bertz CT molecular complexity index is 1120.